The molecule has 2 rings (SSSR count). The van der Waals surface area contributed by atoms with Crippen LogP contribution in [0.4, 0.5) is 11.6 Å². The van der Waals surface area contributed by atoms with Crippen LogP contribution in [0.5, 0.6) is 0 Å². The quantitative estimate of drug-likeness (QED) is 0.478. The van der Waals surface area contributed by atoms with Gasteiger partial charge in [0.1, 0.15) is 0 Å². The molecule has 138 valence electrons. The zero-order valence-electron chi connectivity index (χ0n) is 14.2. The summed E-state index contributed by atoms with van der Waals surface area (Å²) in [5, 5.41) is 16.8. The van der Waals surface area contributed by atoms with E-state index in [0.717, 1.165) is 18.2 Å². The van der Waals surface area contributed by atoms with Crippen molar-refractivity contribution in [2.75, 3.05) is 11.9 Å². The molecule has 26 heavy (non-hydrogen) atoms. The van der Waals surface area contributed by atoms with E-state index in [4.69, 9.17) is 20.9 Å². The van der Waals surface area contributed by atoms with Crippen molar-refractivity contribution in [1.82, 2.24) is 5.16 Å². The van der Waals surface area contributed by atoms with Crippen LogP contribution < -0.4 is 5.32 Å². The van der Waals surface area contributed by atoms with E-state index in [9.17, 15) is 19.7 Å². The number of rotatable bonds is 5. The molecule has 9 nitrogen and oxygen atoms in total. The van der Waals surface area contributed by atoms with Crippen molar-refractivity contribution in [3.05, 3.63) is 50.7 Å². The van der Waals surface area contributed by atoms with Gasteiger partial charge >= 0.3 is 5.97 Å². The third-order valence-electron chi connectivity index (χ3n) is 3.26. The second-order valence-corrected chi connectivity index (χ2v) is 6.78. The summed E-state index contributed by atoms with van der Waals surface area (Å²) in [6.07, 6.45) is 0. The maximum Gasteiger partial charge on any atom is 0.340 e. The van der Waals surface area contributed by atoms with E-state index in [2.05, 4.69) is 10.5 Å². The van der Waals surface area contributed by atoms with Crippen molar-refractivity contribution in [1.29, 1.82) is 0 Å². The molecule has 1 aromatic heterocycles. The number of hydrogen-bond acceptors (Lipinski definition) is 7. The second kappa shape index (κ2) is 7.52. The fraction of sp³-hybridized carbons (Fsp3) is 0.312. The summed E-state index contributed by atoms with van der Waals surface area (Å²) < 4.78 is 9.85. The van der Waals surface area contributed by atoms with Crippen LogP contribution in [0, 0.1) is 10.1 Å². The highest BCUT2D eigenvalue weighted by molar-refractivity contribution is 6.33. The van der Waals surface area contributed by atoms with Crippen molar-refractivity contribution in [3.8, 4) is 0 Å². The van der Waals surface area contributed by atoms with E-state index in [-0.39, 0.29) is 27.6 Å². The van der Waals surface area contributed by atoms with Gasteiger partial charge in [0.2, 0.25) is 5.88 Å². The molecule has 0 aliphatic carbocycles. The van der Waals surface area contributed by atoms with Gasteiger partial charge in [-0.1, -0.05) is 37.5 Å². The van der Waals surface area contributed by atoms with Crippen LogP contribution in [0.3, 0.4) is 0 Å². The highest BCUT2D eigenvalue weighted by Crippen LogP contribution is 2.24. The highest BCUT2D eigenvalue weighted by atomic mass is 35.5. The number of hydrogen-bond donors (Lipinski definition) is 1. The smallest absolute Gasteiger partial charge is 0.340 e. The number of esters is 1. The average molecular weight is 382 g/mol. The van der Waals surface area contributed by atoms with Gasteiger partial charge in [-0.25, -0.2) is 4.79 Å². The molecule has 1 aromatic carbocycles. The number of carbonyl (C=O) groups is 2. The van der Waals surface area contributed by atoms with Crippen LogP contribution in [0.2, 0.25) is 5.02 Å². The zero-order valence-corrected chi connectivity index (χ0v) is 15.0. The standard InChI is InChI=1S/C16H16ClN3O6/c1-16(2,3)12-7-14(26-19-12)18-13(21)8-25-15(22)10-5-4-9(20(23)24)6-11(10)17/h4-7H,8H2,1-3H3,(H,18,21). The summed E-state index contributed by atoms with van der Waals surface area (Å²) in [4.78, 5) is 33.8. The van der Waals surface area contributed by atoms with Gasteiger partial charge in [-0.15, -0.1) is 0 Å². The van der Waals surface area contributed by atoms with E-state index in [0.29, 0.717) is 5.69 Å². The van der Waals surface area contributed by atoms with E-state index in [1.54, 1.807) is 6.07 Å². The molecule has 0 saturated heterocycles. The minimum absolute atomic E-state index is 0.0836. The van der Waals surface area contributed by atoms with E-state index in [1.807, 2.05) is 20.8 Å². The number of nitrogens with zero attached hydrogens (tertiary/aromatic N) is 2. The Morgan fingerprint density at radius 1 is 1.35 bits per heavy atom. The zero-order chi connectivity index (χ0) is 19.5. The molecule has 10 heteroatoms. The lowest BCUT2D eigenvalue weighted by atomic mass is 9.92. The summed E-state index contributed by atoms with van der Waals surface area (Å²) in [5.74, 6) is -1.38. The van der Waals surface area contributed by atoms with Gasteiger partial charge in [-0.05, 0) is 6.07 Å². The number of benzene rings is 1. The van der Waals surface area contributed by atoms with Crippen LogP contribution in [0.1, 0.15) is 36.8 Å². The van der Waals surface area contributed by atoms with Gasteiger partial charge in [-0.3, -0.25) is 20.2 Å². The first kappa shape index (κ1) is 19.4. The predicted molar refractivity (Wildman–Crippen MR) is 92.2 cm³/mol. The fourth-order valence-electron chi connectivity index (χ4n) is 1.85. The topological polar surface area (TPSA) is 125 Å². The Balaban J connectivity index is 1.94. The predicted octanol–water partition coefficient (Wildman–Crippen LogP) is 3.33. The largest absolute Gasteiger partial charge is 0.452 e. The van der Waals surface area contributed by atoms with Crippen molar-refractivity contribution < 1.29 is 23.8 Å². The summed E-state index contributed by atoms with van der Waals surface area (Å²) in [6, 6.07) is 4.88. The first-order valence-electron chi connectivity index (χ1n) is 7.46. The van der Waals surface area contributed by atoms with Gasteiger partial charge in [0, 0.05) is 23.6 Å². The lowest BCUT2D eigenvalue weighted by molar-refractivity contribution is -0.384. The first-order chi connectivity index (χ1) is 12.1. The highest BCUT2D eigenvalue weighted by Gasteiger charge is 2.21. The Morgan fingerprint density at radius 2 is 2.04 bits per heavy atom. The molecule has 0 aliphatic heterocycles. The summed E-state index contributed by atoms with van der Waals surface area (Å²) in [6.45, 7) is 5.22. The number of carbonyl (C=O) groups excluding carboxylic acids is 2. The monoisotopic (exact) mass is 381 g/mol. The Hall–Kier alpha value is -2.94. The summed E-state index contributed by atoms with van der Waals surface area (Å²) in [5.41, 5.74) is 0.0671. The summed E-state index contributed by atoms with van der Waals surface area (Å²) >= 11 is 5.83. The normalized spacial score (nSPS) is 11.1. The maximum absolute atomic E-state index is 11.9. The molecule has 0 fully saturated rings. The number of amides is 1. The molecule has 2 aromatic rings. The van der Waals surface area contributed by atoms with Crippen LogP contribution >= 0.6 is 11.6 Å². The maximum atomic E-state index is 11.9. The molecule has 0 unspecified atom stereocenters. The molecule has 0 saturated carbocycles. The molecule has 1 amide bonds. The van der Waals surface area contributed by atoms with Gasteiger partial charge in [-0.2, -0.15) is 0 Å². The SMILES string of the molecule is CC(C)(C)c1cc(NC(=O)COC(=O)c2ccc([N+](=O)[O-])cc2Cl)on1. The van der Waals surface area contributed by atoms with E-state index < -0.39 is 23.4 Å². The molecular formula is C16H16ClN3O6. The molecule has 0 atom stereocenters. The average Bonchev–Trinajstić information content (AvgIpc) is 3.01. The van der Waals surface area contributed by atoms with Gasteiger partial charge in [0.25, 0.3) is 11.6 Å². The number of halogens is 1. The number of non-ortho nitro benzene ring substituents is 1. The third-order valence-corrected chi connectivity index (χ3v) is 3.57. The minimum Gasteiger partial charge on any atom is -0.452 e. The minimum atomic E-state index is -0.881. The molecule has 0 radical (unpaired) electrons. The molecule has 1 heterocycles. The van der Waals surface area contributed by atoms with Crippen LogP contribution in [0.25, 0.3) is 0 Å². The van der Waals surface area contributed by atoms with Crippen LogP contribution in [-0.2, 0) is 14.9 Å². The number of anilines is 1. The van der Waals surface area contributed by atoms with Crippen LogP contribution in [0.15, 0.2) is 28.8 Å². The Morgan fingerprint density at radius 3 is 2.58 bits per heavy atom. The number of nitro groups is 1. The van der Waals surface area contributed by atoms with Crippen molar-refractivity contribution in [3.63, 3.8) is 0 Å². The van der Waals surface area contributed by atoms with E-state index >= 15 is 0 Å². The molecule has 0 bridgehead atoms. The van der Waals surface area contributed by atoms with Gasteiger partial charge in [0.15, 0.2) is 6.61 Å². The Bertz CT molecular complexity index is 856. The van der Waals surface area contributed by atoms with Crippen molar-refractivity contribution in [2.24, 2.45) is 0 Å². The molecule has 1 N–H and O–H groups in total. The molecule has 0 spiro atoms. The number of aromatic nitrogens is 1. The first-order valence-corrected chi connectivity index (χ1v) is 7.84. The van der Waals surface area contributed by atoms with Gasteiger partial charge < -0.3 is 9.26 Å². The van der Waals surface area contributed by atoms with Crippen molar-refractivity contribution >= 4 is 35.0 Å². The lowest BCUT2D eigenvalue weighted by Crippen LogP contribution is -2.21. The second-order valence-electron chi connectivity index (χ2n) is 6.37. The van der Waals surface area contributed by atoms with E-state index in [1.165, 1.54) is 0 Å². The Labute approximate surface area is 153 Å². The third kappa shape index (κ3) is 4.79. The summed E-state index contributed by atoms with van der Waals surface area (Å²) in [7, 11) is 0. The number of nitro benzene ring substituents is 1. The molecular weight excluding hydrogens is 366 g/mol. The fourth-order valence-corrected chi connectivity index (χ4v) is 2.10. The Kier molecular flexibility index (Phi) is 5.61. The number of nitrogens with one attached hydrogen (secondary N) is 1. The number of ether oxygens (including phenoxy) is 1. The van der Waals surface area contributed by atoms with Crippen LogP contribution in [-0.4, -0.2) is 28.6 Å². The van der Waals surface area contributed by atoms with Gasteiger partial charge in [0.05, 0.1) is 21.2 Å². The van der Waals surface area contributed by atoms with Crippen molar-refractivity contribution in [2.45, 2.75) is 26.2 Å². The lowest BCUT2D eigenvalue weighted by Gasteiger charge is -2.12. The molecule has 0 aliphatic rings.